The molecule has 0 heterocycles. The Balaban J connectivity index is 3.79. The van der Waals surface area contributed by atoms with Crippen LogP contribution in [0.5, 0.6) is 0 Å². The molecule has 0 rings (SSSR count). The Morgan fingerprint density at radius 1 is 1.44 bits per heavy atom. The summed E-state index contributed by atoms with van der Waals surface area (Å²) in [6, 6.07) is 0. The Bertz CT molecular complexity index is 181. The van der Waals surface area contributed by atoms with Crippen molar-refractivity contribution in [1.29, 1.82) is 0 Å². The maximum atomic E-state index is 10.2. The summed E-state index contributed by atoms with van der Waals surface area (Å²) >= 11 is 0. The Morgan fingerprint density at radius 2 is 2.00 bits per heavy atom. The van der Waals surface area contributed by atoms with Gasteiger partial charge in [-0.25, -0.2) is 0 Å². The van der Waals surface area contributed by atoms with E-state index < -0.39 is 10.3 Å². The van der Waals surface area contributed by atoms with Gasteiger partial charge in [0.25, 0.3) is 0 Å². The molecule has 0 spiro atoms. The Kier molecular flexibility index (Phi) is 4.40. The van der Waals surface area contributed by atoms with E-state index in [-0.39, 0.29) is 0 Å². The van der Waals surface area contributed by atoms with E-state index in [0.717, 1.165) is 12.8 Å². The molecule has 0 aromatic heterocycles. The molecule has 0 aromatic carbocycles. The zero-order valence-corrected chi connectivity index (χ0v) is 6.66. The molecule has 0 saturated carbocycles. The zero-order chi connectivity index (χ0) is 7.28. The standard InChI is InChI=1S/C6H12O2S/c1-3-4-5-6(2)9(7)8/h3-5H2,1-2H3. The largest absolute Gasteiger partial charge is 0.212 e. The Labute approximate surface area is 57.4 Å². The monoisotopic (exact) mass is 148 g/mol. The molecule has 0 aliphatic carbocycles. The van der Waals surface area contributed by atoms with Gasteiger partial charge in [0.2, 0.25) is 10.3 Å². The molecule has 0 N–H and O–H groups in total. The van der Waals surface area contributed by atoms with Crippen LogP contribution in [-0.4, -0.2) is 13.3 Å². The Hall–Kier alpha value is -0.310. The fourth-order valence-electron chi connectivity index (χ4n) is 0.509. The minimum atomic E-state index is -1.95. The van der Waals surface area contributed by atoms with E-state index in [1.54, 1.807) is 6.92 Å². The predicted octanol–water partition coefficient (Wildman–Crippen LogP) is 1.25. The number of rotatable bonds is 3. The number of unbranched alkanes of at least 4 members (excludes halogenated alkanes) is 1. The molecular weight excluding hydrogens is 136 g/mol. The average Bonchev–Trinajstić information content (AvgIpc) is 1.82. The highest BCUT2D eigenvalue weighted by atomic mass is 32.2. The molecule has 0 atom stereocenters. The third kappa shape index (κ3) is 4.21. The van der Waals surface area contributed by atoms with Crippen molar-refractivity contribution in [2.45, 2.75) is 33.1 Å². The molecule has 0 aliphatic heterocycles. The summed E-state index contributed by atoms with van der Waals surface area (Å²) in [6.07, 6.45) is 2.74. The molecule has 9 heavy (non-hydrogen) atoms. The maximum Gasteiger partial charge on any atom is 0.212 e. The van der Waals surface area contributed by atoms with Crippen molar-refractivity contribution in [2.75, 3.05) is 0 Å². The van der Waals surface area contributed by atoms with Gasteiger partial charge in [0.15, 0.2) is 0 Å². The fraction of sp³-hybridized carbons (Fsp3) is 0.833. The van der Waals surface area contributed by atoms with Gasteiger partial charge in [-0.05, 0) is 19.8 Å². The second kappa shape index (κ2) is 4.56. The summed E-state index contributed by atoms with van der Waals surface area (Å²) in [6.45, 7) is 3.69. The topological polar surface area (TPSA) is 34.1 Å². The van der Waals surface area contributed by atoms with E-state index in [1.165, 1.54) is 0 Å². The van der Waals surface area contributed by atoms with Crippen molar-refractivity contribution in [3.63, 3.8) is 0 Å². The van der Waals surface area contributed by atoms with Crippen LogP contribution in [0.2, 0.25) is 0 Å². The molecule has 0 amide bonds. The molecule has 0 aliphatic rings. The van der Waals surface area contributed by atoms with E-state index in [1.807, 2.05) is 6.92 Å². The first kappa shape index (κ1) is 8.69. The van der Waals surface area contributed by atoms with Crippen molar-refractivity contribution in [3.8, 4) is 0 Å². The van der Waals surface area contributed by atoms with Crippen LogP contribution in [0, 0.1) is 0 Å². The lowest BCUT2D eigenvalue weighted by molar-refractivity contribution is 0.626. The molecule has 0 fully saturated rings. The summed E-state index contributed by atoms with van der Waals surface area (Å²) in [5.41, 5.74) is 0. The second-order valence-electron chi connectivity index (χ2n) is 2.04. The molecule has 0 radical (unpaired) electrons. The Morgan fingerprint density at radius 3 is 2.33 bits per heavy atom. The van der Waals surface area contributed by atoms with Crippen molar-refractivity contribution in [2.24, 2.45) is 0 Å². The van der Waals surface area contributed by atoms with E-state index in [4.69, 9.17) is 0 Å². The summed E-state index contributed by atoms with van der Waals surface area (Å²) in [7, 11) is -1.95. The van der Waals surface area contributed by atoms with Crippen LogP contribution >= 0.6 is 0 Å². The van der Waals surface area contributed by atoms with Crippen molar-refractivity contribution in [1.82, 2.24) is 0 Å². The lowest BCUT2D eigenvalue weighted by Crippen LogP contribution is -1.91. The lowest BCUT2D eigenvalue weighted by atomic mass is 10.2. The maximum absolute atomic E-state index is 10.2. The van der Waals surface area contributed by atoms with Crippen LogP contribution in [0.1, 0.15) is 33.1 Å². The first-order valence-electron chi connectivity index (χ1n) is 3.10. The minimum absolute atomic E-state index is 0.567. The van der Waals surface area contributed by atoms with Gasteiger partial charge < -0.3 is 0 Å². The van der Waals surface area contributed by atoms with Gasteiger partial charge in [0, 0.05) is 4.86 Å². The highest BCUT2D eigenvalue weighted by Crippen LogP contribution is 1.94. The molecule has 3 heteroatoms. The van der Waals surface area contributed by atoms with Crippen LogP contribution in [-0.2, 0) is 10.3 Å². The molecule has 0 saturated heterocycles. The summed E-state index contributed by atoms with van der Waals surface area (Å²) < 4.78 is 20.3. The first-order chi connectivity index (χ1) is 4.18. The first-order valence-corrected chi connectivity index (χ1v) is 4.17. The van der Waals surface area contributed by atoms with Gasteiger partial charge in [0.05, 0.1) is 0 Å². The van der Waals surface area contributed by atoms with Crippen molar-refractivity contribution >= 4 is 15.2 Å². The van der Waals surface area contributed by atoms with Crippen molar-refractivity contribution < 1.29 is 8.42 Å². The van der Waals surface area contributed by atoms with Crippen LogP contribution in [0.15, 0.2) is 0 Å². The smallest absolute Gasteiger partial charge is 0.185 e. The highest BCUT2D eigenvalue weighted by molar-refractivity contribution is 7.72. The van der Waals surface area contributed by atoms with E-state index >= 15 is 0 Å². The van der Waals surface area contributed by atoms with Crippen molar-refractivity contribution in [3.05, 3.63) is 0 Å². The summed E-state index contributed by atoms with van der Waals surface area (Å²) in [5, 5.41) is 0. The quantitative estimate of drug-likeness (QED) is 0.564. The molecular formula is C6H12O2S. The van der Waals surface area contributed by atoms with E-state index in [0.29, 0.717) is 11.3 Å². The number of hydrogen-bond donors (Lipinski definition) is 0. The fourth-order valence-corrected chi connectivity index (χ4v) is 0.820. The van der Waals surface area contributed by atoms with Crippen LogP contribution in [0.3, 0.4) is 0 Å². The van der Waals surface area contributed by atoms with Gasteiger partial charge in [-0.15, -0.1) is 0 Å². The molecule has 2 nitrogen and oxygen atoms in total. The van der Waals surface area contributed by atoms with Gasteiger partial charge in [0.1, 0.15) is 0 Å². The summed E-state index contributed by atoms with van der Waals surface area (Å²) in [4.78, 5) is 0.567. The molecule has 0 bridgehead atoms. The molecule has 54 valence electrons. The van der Waals surface area contributed by atoms with Crippen LogP contribution in [0.4, 0.5) is 0 Å². The summed E-state index contributed by atoms with van der Waals surface area (Å²) in [5.74, 6) is 0. The third-order valence-corrected chi connectivity index (χ3v) is 1.94. The van der Waals surface area contributed by atoms with Gasteiger partial charge in [-0.2, -0.15) is 8.42 Å². The zero-order valence-electron chi connectivity index (χ0n) is 5.85. The highest BCUT2D eigenvalue weighted by Gasteiger charge is 1.90. The van der Waals surface area contributed by atoms with Gasteiger partial charge >= 0.3 is 0 Å². The van der Waals surface area contributed by atoms with Crippen LogP contribution < -0.4 is 0 Å². The second-order valence-corrected chi connectivity index (χ2v) is 3.21. The van der Waals surface area contributed by atoms with Gasteiger partial charge in [-0.1, -0.05) is 13.3 Å². The number of hydrogen-bond acceptors (Lipinski definition) is 2. The molecule has 0 unspecified atom stereocenters. The molecule has 0 aromatic rings. The average molecular weight is 148 g/mol. The SMILES string of the molecule is CCCCC(C)=S(=O)=O. The minimum Gasteiger partial charge on any atom is -0.185 e. The predicted molar refractivity (Wildman–Crippen MR) is 39.1 cm³/mol. The van der Waals surface area contributed by atoms with Crippen LogP contribution in [0.25, 0.3) is 0 Å². The van der Waals surface area contributed by atoms with Gasteiger partial charge in [-0.3, -0.25) is 0 Å². The van der Waals surface area contributed by atoms with E-state index in [9.17, 15) is 8.42 Å². The third-order valence-electron chi connectivity index (χ3n) is 1.17. The lowest BCUT2D eigenvalue weighted by Gasteiger charge is -1.89. The van der Waals surface area contributed by atoms with E-state index in [2.05, 4.69) is 0 Å². The normalized spacial score (nSPS) is 9.11.